The predicted octanol–water partition coefficient (Wildman–Crippen LogP) is 3.40. The number of hydrogen-bond acceptors (Lipinski definition) is 0. The first-order valence-corrected chi connectivity index (χ1v) is 3.40. The van der Waals surface area contributed by atoms with E-state index >= 15 is 0 Å². The molecule has 0 aromatic heterocycles. The van der Waals surface area contributed by atoms with Gasteiger partial charge in [0.05, 0.1) is 0 Å². The Kier molecular flexibility index (Phi) is 4.10. The molecular formula is C4H5Cl3F2. The summed E-state index contributed by atoms with van der Waals surface area (Å²) in [6.07, 6.45) is -2.85. The molecule has 9 heavy (non-hydrogen) atoms. The zero-order valence-corrected chi connectivity index (χ0v) is 6.65. The van der Waals surface area contributed by atoms with Crippen molar-refractivity contribution in [1.82, 2.24) is 0 Å². The van der Waals surface area contributed by atoms with Crippen LogP contribution in [0, 0.1) is 0 Å². The summed E-state index contributed by atoms with van der Waals surface area (Å²) in [5.74, 6) is 0. The molecule has 0 radical (unpaired) electrons. The first-order chi connectivity index (χ1) is 3.92. The van der Waals surface area contributed by atoms with Gasteiger partial charge >= 0.3 is 0 Å². The number of halogens is 5. The Balaban J connectivity index is 3.28. The van der Waals surface area contributed by atoms with Crippen molar-refractivity contribution in [3.63, 3.8) is 0 Å². The van der Waals surface area contributed by atoms with E-state index in [1.165, 1.54) is 0 Å². The highest BCUT2D eigenvalue weighted by atomic mass is 35.6. The molecular weight excluding hydrogens is 192 g/mol. The average Bonchev–Trinajstić information content (AvgIpc) is 1.59. The van der Waals surface area contributed by atoms with Gasteiger partial charge in [0.15, 0.2) is 3.79 Å². The van der Waals surface area contributed by atoms with Crippen LogP contribution in [0.15, 0.2) is 0 Å². The molecule has 0 aliphatic rings. The maximum Gasteiger partial charge on any atom is 0.238 e. The van der Waals surface area contributed by atoms with E-state index in [-0.39, 0.29) is 12.8 Å². The van der Waals surface area contributed by atoms with Crippen molar-refractivity contribution in [2.45, 2.75) is 23.1 Å². The molecule has 0 aliphatic heterocycles. The van der Waals surface area contributed by atoms with Crippen LogP contribution in [-0.4, -0.2) is 10.2 Å². The Morgan fingerprint density at radius 3 is 1.78 bits per heavy atom. The molecule has 0 aliphatic carbocycles. The third kappa shape index (κ3) is 8.73. The summed E-state index contributed by atoms with van der Waals surface area (Å²) in [7, 11) is 0. The maximum absolute atomic E-state index is 11.4. The second-order valence-electron chi connectivity index (χ2n) is 1.54. The lowest BCUT2D eigenvalue weighted by atomic mass is 10.3. The Morgan fingerprint density at radius 2 is 1.67 bits per heavy atom. The van der Waals surface area contributed by atoms with Crippen LogP contribution in [0.5, 0.6) is 0 Å². The fourth-order valence-electron chi connectivity index (χ4n) is 0.273. The molecule has 0 aromatic rings. The van der Waals surface area contributed by atoms with E-state index in [2.05, 4.69) is 0 Å². The van der Waals surface area contributed by atoms with Gasteiger partial charge in [0.1, 0.15) is 0 Å². The van der Waals surface area contributed by atoms with E-state index in [1.807, 2.05) is 0 Å². The number of hydrogen-bond donors (Lipinski definition) is 0. The largest absolute Gasteiger partial charge is 0.238 e. The summed E-state index contributed by atoms with van der Waals surface area (Å²) in [6, 6.07) is 0. The molecule has 0 amide bonds. The first-order valence-electron chi connectivity index (χ1n) is 2.27. The summed E-state index contributed by atoms with van der Waals surface area (Å²) in [5, 5.41) is 0. The molecule has 0 heterocycles. The molecule has 0 nitrogen and oxygen atoms in total. The smallest absolute Gasteiger partial charge is 0.211 e. The van der Waals surface area contributed by atoms with Crippen molar-refractivity contribution < 1.29 is 8.78 Å². The molecule has 0 aromatic carbocycles. The molecule has 5 heteroatoms. The molecule has 0 rings (SSSR count). The normalized spacial score (nSPS) is 12.7. The fraction of sp³-hybridized carbons (Fsp3) is 1.00. The van der Waals surface area contributed by atoms with Gasteiger partial charge in [0.25, 0.3) is 0 Å². The van der Waals surface area contributed by atoms with Crippen LogP contribution in [0.3, 0.4) is 0 Å². The monoisotopic (exact) mass is 196 g/mol. The SMILES string of the molecule is FC(F)CCC(Cl)(Cl)Cl. The van der Waals surface area contributed by atoms with E-state index in [0.29, 0.717) is 0 Å². The van der Waals surface area contributed by atoms with Crippen molar-refractivity contribution in [2.75, 3.05) is 0 Å². The van der Waals surface area contributed by atoms with Crippen LogP contribution in [0.25, 0.3) is 0 Å². The topological polar surface area (TPSA) is 0 Å². The van der Waals surface area contributed by atoms with E-state index in [9.17, 15) is 8.78 Å². The summed E-state index contributed by atoms with van der Waals surface area (Å²) >= 11 is 15.5. The van der Waals surface area contributed by atoms with Gasteiger partial charge in [-0.25, -0.2) is 8.78 Å². The van der Waals surface area contributed by atoms with Crippen molar-refractivity contribution in [2.24, 2.45) is 0 Å². The van der Waals surface area contributed by atoms with Gasteiger partial charge in [-0.05, 0) is 6.42 Å². The van der Waals surface area contributed by atoms with Gasteiger partial charge in [-0.3, -0.25) is 0 Å². The minimum atomic E-state index is -2.39. The molecule has 0 N–H and O–H groups in total. The number of rotatable bonds is 2. The third-order valence-corrected chi connectivity index (χ3v) is 1.21. The Morgan fingerprint density at radius 1 is 1.22 bits per heavy atom. The van der Waals surface area contributed by atoms with Gasteiger partial charge < -0.3 is 0 Å². The van der Waals surface area contributed by atoms with E-state index in [0.717, 1.165) is 0 Å². The molecule has 56 valence electrons. The average molecular weight is 197 g/mol. The van der Waals surface area contributed by atoms with Crippen LogP contribution in [0.1, 0.15) is 12.8 Å². The van der Waals surface area contributed by atoms with Crippen LogP contribution >= 0.6 is 34.8 Å². The Labute approximate surface area is 67.1 Å². The quantitative estimate of drug-likeness (QED) is 0.595. The van der Waals surface area contributed by atoms with Crippen LogP contribution in [0.2, 0.25) is 0 Å². The van der Waals surface area contributed by atoms with Crippen molar-refractivity contribution in [1.29, 1.82) is 0 Å². The lowest BCUT2D eigenvalue weighted by molar-refractivity contribution is 0.135. The highest BCUT2D eigenvalue weighted by Crippen LogP contribution is 2.32. The van der Waals surface area contributed by atoms with Gasteiger partial charge in [-0.15, -0.1) is 0 Å². The van der Waals surface area contributed by atoms with Crippen molar-refractivity contribution in [3.8, 4) is 0 Å². The molecule has 0 saturated carbocycles. The van der Waals surface area contributed by atoms with Crippen LogP contribution in [-0.2, 0) is 0 Å². The highest BCUT2D eigenvalue weighted by molar-refractivity contribution is 6.67. The zero-order chi connectivity index (χ0) is 7.49. The molecule has 0 fully saturated rings. The van der Waals surface area contributed by atoms with E-state index in [4.69, 9.17) is 34.8 Å². The molecule has 0 bridgehead atoms. The lowest BCUT2D eigenvalue weighted by Crippen LogP contribution is -2.04. The third-order valence-electron chi connectivity index (χ3n) is 0.646. The standard InChI is InChI=1S/C4H5Cl3F2/c5-4(6,7)2-1-3(8)9/h3H,1-2H2. The van der Waals surface area contributed by atoms with Crippen LogP contribution in [0.4, 0.5) is 8.78 Å². The lowest BCUT2D eigenvalue weighted by Gasteiger charge is -2.08. The molecule has 0 unspecified atom stereocenters. The highest BCUT2D eigenvalue weighted by Gasteiger charge is 2.20. The van der Waals surface area contributed by atoms with Gasteiger partial charge in [-0.2, -0.15) is 0 Å². The predicted molar refractivity (Wildman–Crippen MR) is 35.5 cm³/mol. The van der Waals surface area contributed by atoms with Gasteiger partial charge in [-0.1, -0.05) is 34.8 Å². The molecule has 0 saturated heterocycles. The Bertz CT molecular complexity index is 78.4. The summed E-state index contributed by atoms with van der Waals surface area (Å²) in [4.78, 5) is 0. The van der Waals surface area contributed by atoms with E-state index < -0.39 is 10.2 Å². The van der Waals surface area contributed by atoms with Gasteiger partial charge in [0, 0.05) is 6.42 Å². The fourth-order valence-corrected chi connectivity index (χ4v) is 0.600. The molecule has 0 spiro atoms. The van der Waals surface area contributed by atoms with Gasteiger partial charge in [0.2, 0.25) is 6.43 Å². The summed E-state index contributed by atoms with van der Waals surface area (Å²) in [5.41, 5.74) is 0. The van der Waals surface area contributed by atoms with Crippen molar-refractivity contribution >= 4 is 34.8 Å². The second-order valence-corrected chi connectivity index (χ2v) is 4.06. The minimum Gasteiger partial charge on any atom is -0.211 e. The summed E-state index contributed by atoms with van der Waals surface area (Å²) in [6.45, 7) is 0. The van der Waals surface area contributed by atoms with Crippen LogP contribution < -0.4 is 0 Å². The maximum atomic E-state index is 11.4. The number of alkyl halides is 5. The minimum absolute atomic E-state index is 0.102. The Hall–Kier alpha value is 0.730. The second kappa shape index (κ2) is 3.79. The van der Waals surface area contributed by atoms with Crippen molar-refractivity contribution in [3.05, 3.63) is 0 Å². The summed E-state index contributed by atoms with van der Waals surface area (Å²) < 4.78 is 21.2. The molecule has 0 atom stereocenters. The van der Waals surface area contributed by atoms with E-state index in [1.54, 1.807) is 0 Å². The zero-order valence-electron chi connectivity index (χ0n) is 4.38. The first kappa shape index (κ1) is 9.73.